The molecule has 2 heterocycles. The maximum atomic E-state index is 5.66. The Morgan fingerprint density at radius 2 is 1.60 bits per heavy atom. The first kappa shape index (κ1) is 12.9. The first-order chi connectivity index (χ1) is 7.35. The molecule has 0 aromatic rings. The van der Waals surface area contributed by atoms with Crippen molar-refractivity contribution >= 4 is 0 Å². The van der Waals surface area contributed by atoms with Crippen molar-refractivity contribution in [1.82, 2.24) is 4.90 Å². The van der Waals surface area contributed by atoms with Crippen LogP contribution >= 0.6 is 0 Å². The summed E-state index contributed by atoms with van der Waals surface area (Å²) in [4.78, 5) is 2.50. The second kappa shape index (κ2) is 6.46. The molecule has 0 unspecified atom stereocenters. The smallest absolute Gasteiger partial charge is 0.170 e. The van der Waals surface area contributed by atoms with Gasteiger partial charge in [-0.1, -0.05) is 20.8 Å². The van der Waals surface area contributed by atoms with E-state index in [1.165, 1.54) is 13.0 Å². The predicted octanol–water partition coefficient (Wildman–Crippen LogP) is 2.26. The Morgan fingerprint density at radius 3 is 2.07 bits per heavy atom. The summed E-state index contributed by atoms with van der Waals surface area (Å²) in [5, 5.41) is 0. The summed E-state index contributed by atoms with van der Waals surface area (Å²) in [5.41, 5.74) is 0. The Morgan fingerprint density at radius 1 is 1.07 bits per heavy atom. The molecule has 0 bridgehead atoms. The molecule has 15 heavy (non-hydrogen) atoms. The van der Waals surface area contributed by atoms with E-state index in [1.54, 1.807) is 0 Å². The van der Waals surface area contributed by atoms with E-state index in [9.17, 15) is 0 Å². The zero-order valence-electron chi connectivity index (χ0n) is 10.4. The normalized spacial score (nSPS) is 25.0. The Balaban J connectivity index is 0.000000531. The molecule has 0 radical (unpaired) electrons. The lowest BCUT2D eigenvalue weighted by molar-refractivity contribution is -0.185. The molecule has 3 heteroatoms. The molecule has 2 fully saturated rings. The van der Waals surface area contributed by atoms with Crippen molar-refractivity contribution in [1.29, 1.82) is 0 Å². The Labute approximate surface area is 93.7 Å². The van der Waals surface area contributed by atoms with Crippen LogP contribution < -0.4 is 0 Å². The molecule has 2 aliphatic rings. The highest BCUT2D eigenvalue weighted by Crippen LogP contribution is 2.30. The fourth-order valence-corrected chi connectivity index (χ4v) is 2.22. The number of hydrogen-bond donors (Lipinski definition) is 0. The molecule has 3 nitrogen and oxygen atoms in total. The second-order valence-electron chi connectivity index (χ2n) is 3.95. The Kier molecular flexibility index (Phi) is 5.58. The minimum absolute atomic E-state index is 0.190. The molecule has 2 saturated heterocycles. The zero-order valence-corrected chi connectivity index (χ0v) is 10.4. The molecule has 2 rings (SSSR count). The van der Waals surface area contributed by atoms with E-state index in [1.807, 2.05) is 13.8 Å². The first-order valence-corrected chi connectivity index (χ1v) is 6.35. The maximum Gasteiger partial charge on any atom is 0.170 e. The van der Waals surface area contributed by atoms with Crippen LogP contribution in [0, 0.1) is 0 Å². The van der Waals surface area contributed by atoms with Crippen LogP contribution in [0.1, 0.15) is 40.0 Å². The van der Waals surface area contributed by atoms with Gasteiger partial charge in [-0.2, -0.15) is 0 Å². The van der Waals surface area contributed by atoms with Crippen molar-refractivity contribution in [3.05, 3.63) is 0 Å². The van der Waals surface area contributed by atoms with Crippen LogP contribution in [0.25, 0.3) is 0 Å². The van der Waals surface area contributed by atoms with E-state index in [-0.39, 0.29) is 5.79 Å². The standard InChI is InChI=1S/C10H19NO2.C2H6/c1-2-5-11-6-3-10(4-7-11)12-8-9-13-10;1-2/h2-9H2,1H3;1-2H3. The van der Waals surface area contributed by atoms with Gasteiger partial charge in [0.25, 0.3) is 0 Å². The van der Waals surface area contributed by atoms with Crippen LogP contribution in [0.3, 0.4) is 0 Å². The van der Waals surface area contributed by atoms with Crippen LogP contribution in [0.15, 0.2) is 0 Å². The summed E-state index contributed by atoms with van der Waals surface area (Å²) in [5.74, 6) is -0.190. The highest BCUT2D eigenvalue weighted by atomic mass is 16.7. The molecule has 0 aliphatic carbocycles. The highest BCUT2D eigenvalue weighted by Gasteiger charge is 2.39. The highest BCUT2D eigenvalue weighted by molar-refractivity contribution is 4.82. The summed E-state index contributed by atoms with van der Waals surface area (Å²) in [6.45, 7) is 11.3. The number of piperidine rings is 1. The van der Waals surface area contributed by atoms with E-state index >= 15 is 0 Å². The summed E-state index contributed by atoms with van der Waals surface area (Å²) in [6, 6.07) is 0. The zero-order chi connectivity index (χ0) is 11.1. The lowest BCUT2D eigenvalue weighted by Crippen LogP contribution is -2.45. The number of hydrogen-bond acceptors (Lipinski definition) is 3. The first-order valence-electron chi connectivity index (χ1n) is 6.35. The number of likely N-dealkylation sites (tertiary alicyclic amines) is 1. The Bertz CT molecular complexity index is 157. The Hall–Kier alpha value is -0.120. The number of nitrogens with zero attached hydrogens (tertiary/aromatic N) is 1. The van der Waals surface area contributed by atoms with E-state index in [2.05, 4.69) is 11.8 Å². The topological polar surface area (TPSA) is 21.7 Å². The minimum Gasteiger partial charge on any atom is -0.347 e. The van der Waals surface area contributed by atoms with Crippen LogP contribution in [0.4, 0.5) is 0 Å². The quantitative estimate of drug-likeness (QED) is 0.705. The molecular weight excluding hydrogens is 190 g/mol. The third-order valence-electron chi connectivity index (χ3n) is 2.97. The average molecular weight is 215 g/mol. The molecule has 0 aromatic carbocycles. The molecule has 0 N–H and O–H groups in total. The van der Waals surface area contributed by atoms with Crippen molar-refractivity contribution in [2.24, 2.45) is 0 Å². The van der Waals surface area contributed by atoms with Gasteiger partial charge in [0.05, 0.1) is 13.2 Å². The van der Waals surface area contributed by atoms with Crippen LogP contribution in [0.2, 0.25) is 0 Å². The van der Waals surface area contributed by atoms with Gasteiger partial charge in [-0.15, -0.1) is 0 Å². The summed E-state index contributed by atoms with van der Waals surface area (Å²) < 4.78 is 11.3. The molecule has 2 aliphatic heterocycles. The third-order valence-corrected chi connectivity index (χ3v) is 2.97. The van der Waals surface area contributed by atoms with Gasteiger partial charge in [0.15, 0.2) is 5.79 Å². The van der Waals surface area contributed by atoms with Gasteiger partial charge in [-0.3, -0.25) is 0 Å². The fourth-order valence-electron chi connectivity index (χ4n) is 2.22. The van der Waals surface area contributed by atoms with E-state index in [0.29, 0.717) is 0 Å². The SMILES string of the molecule is CC.CCCN1CCC2(CC1)OCCO2. The maximum absolute atomic E-state index is 5.66. The molecule has 90 valence electrons. The van der Waals surface area contributed by atoms with Crippen molar-refractivity contribution in [3.8, 4) is 0 Å². The number of ether oxygens (including phenoxy) is 2. The van der Waals surface area contributed by atoms with Gasteiger partial charge in [-0.05, 0) is 13.0 Å². The third kappa shape index (κ3) is 3.44. The van der Waals surface area contributed by atoms with E-state index in [0.717, 1.165) is 39.1 Å². The molecule has 0 amide bonds. The number of rotatable bonds is 2. The minimum atomic E-state index is -0.190. The molecule has 0 atom stereocenters. The molecule has 0 aromatic heterocycles. The monoisotopic (exact) mass is 215 g/mol. The average Bonchev–Trinajstić information content (AvgIpc) is 2.74. The van der Waals surface area contributed by atoms with Gasteiger partial charge >= 0.3 is 0 Å². The van der Waals surface area contributed by atoms with Crippen molar-refractivity contribution in [3.63, 3.8) is 0 Å². The van der Waals surface area contributed by atoms with Crippen molar-refractivity contribution in [2.75, 3.05) is 32.8 Å². The largest absolute Gasteiger partial charge is 0.347 e. The van der Waals surface area contributed by atoms with Gasteiger partial charge in [0, 0.05) is 25.9 Å². The van der Waals surface area contributed by atoms with Crippen molar-refractivity contribution < 1.29 is 9.47 Å². The van der Waals surface area contributed by atoms with Gasteiger partial charge in [-0.25, -0.2) is 0 Å². The summed E-state index contributed by atoms with van der Waals surface area (Å²) >= 11 is 0. The molecule has 1 spiro atoms. The second-order valence-corrected chi connectivity index (χ2v) is 3.95. The van der Waals surface area contributed by atoms with Crippen LogP contribution in [0.5, 0.6) is 0 Å². The summed E-state index contributed by atoms with van der Waals surface area (Å²) in [7, 11) is 0. The van der Waals surface area contributed by atoms with E-state index < -0.39 is 0 Å². The van der Waals surface area contributed by atoms with Gasteiger partial charge in [0.2, 0.25) is 0 Å². The lowest BCUT2D eigenvalue weighted by atomic mass is 10.0. The lowest BCUT2D eigenvalue weighted by Gasteiger charge is -2.37. The molecule has 0 saturated carbocycles. The van der Waals surface area contributed by atoms with Crippen LogP contribution in [-0.4, -0.2) is 43.5 Å². The van der Waals surface area contributed by atoms with Crippen molar-refractivity contribution in [2.45, 2.75) is 45.8 Å². The summed E-state index contributed by atoms with van der Waals surface area (Å²) in [6.07, 6.45) is 3.34. The fraction of sp³-hybridized carbons (Fsp3) is 1.00. The predicted molar refractivity (Wildman–Crippen MR) is 61.9 cm³/mol. The van der Waals surface area contributed by atoms with Gasteiger partial charge in [0.1, 0.15) is 0 Å². The van der Waals surface area contributed by atoms with Crippen LogP contribution in [-0.2, 0) is 9.47 Å². The van der Waals surface area contributed by atoms with Gasteiger partial charge < -0.3 is 14.4 Å². The van der Waals surface area contributed by atoms with E-state index in [4.69, 9.17) is 9.47 Å². The molecular formula is C12H25NO2.